The minimum Gasteiger partial charge on any atom is -0.298 e. The minimum atomic E-state index is -3.55. The van der Waals surface area contributed by atoms with Crippen LogP contribution in [0.15, 0.2) is 29.2 Å². The second-order valence-corrected chi connectivity index (χ2v) is 12.0. The topological polar surface area (TPSA) is 79.4 Å². The number of rotatable bonds is 4. The van der Waals surface area contributed by atoms with E-state index in [-0.39, 0.29) is 10.8 Å². The molecular formula is C22H29N3O3S2. The largest absolute Gasteiger partial charge is 0.298 e. The van der Waals surface area contributed by atoms with E-state index in [1.807, 2.05) is 0 Å². The van der Waals surface area contributed by atoms with Crippen molar-refractivity contribution < 1.29 is 13.2 Å². The first-order valence-electron chi connectivity index (χ1n) is 10.6. The maximum Gasteiger partial charge on any atom is 0.257 e. The highest BCUT2D eigenvalue weighted by atomic mass is 32.2. The van der Waals surface area contributed by atoms with Crippen LogP contribution in [0.1, 0.15) is 54.5 Å². The van der Waals surface area contributed by atoms with Crippen LogP contribution in [-0.2, 0) is 22.9 Å². The van der Waals surface area contributed by atoms with E-state index in [4.69, 9.17) is 0 Å². The molecule has 1 aromatic carbocycles. The van der Waals surface area contributed by atoms with Crippen molar-refractivity contribution in [1.82, 2.24) is 9.29 Å². The number of benzene rings is 1. The molecule has 0 radical (unpaired) electrons. The molecule has 0 spiro atoms. The van der Waals surface area contributed by atoms with Crippen LogP contribution < -0.4 is 5.32 Å². The molecule has 2 aliphatic rings. The van der Waals surface area contributed by atoms with Crippen molar-refractivity contribution in [3.8, 4) is 0 Å². The van der Waals surface area contributed by atoms with Crippen molar-refractivity contribution in [3.63, 3.8) is 0 Å². The Bertz CT molecular complexity index is 1020. The van der Waals surface area contributed by atoms with Gasteiger partial charge in [-0.3, -0.25) is 10.1 Å². The highest BCUT2D eigenvalue weighted by Crippen LogP contribution is 2.32. The molecule has 2 heterocycles. The maximum atomic E-state index is 13.0. The molecule has 3 atom stereocenters. The molecule has 1 fully saturated rings. The van der Waals surface area contributed by atoms with E-state index in [1.54, 1.807) is 27.8 Å². The van der Waals surface area contributed by atoms with Gasteiger partial charge in [0.15, 0.2) is 5.13 Å². The number of thiazole rings is 1. The Labute approximate surface area is 182 Å². The number of piperidine rings is 1. The van der Waals surface area contributed by atoms with Crippen molar-refractivity contribution in [2.45, 2.75) is 51.3 Å². The van der Waals surface area contributed by atoms with Gasteiger partial charge in [0.05, 0.1) is 10.6 Å². The smallest absolute Gasteiger partial charge is 0.257 e. The van der Waals surface area contributed by atoms with E-state index in [9.17, 15) is 13.2 Å². The number of nitrogens with zero attached hydrogens (tertiary/aromatic N) is 2. The van der Waals surface area contributed by atoms with Crippen molar-refractivity contribution in [2.24, 2.45) is 17.8 Å². The summed E-state index contributed by atoms with van der Waals surface area (Å²) in [4.78, 5) is 18.7. The molecule has 6 nitrogen and oxygen atoms in total. The van der Waals surface area contributed by atoms with E-state index in [0.29, 0.717) is 41.5 Å². The second kappa shape index (κ2) is 8.40. The van der Waals surface area contributed by atoms with Gasteiger partial charge < -0.3 is 0 Å². The molecule has 3 unspecified atom stereocenters. The lowest BCUT2D eigenvalue weighted by Gasteiger charge is -2.34. The fourth-order valence-electron chi connectivity index (χ4n) is 4.49. The number of fused-ring (bicyclic) bond motifs is 1. The number of amides is 1. The van der Waals surface area contributed by atoms with Crippen molar-refractivity contribution in [2.75, 3.05) is 18.4 Å². The lowest BCUT2D eigenvalue weighted by molar-refractivity contribution is 0.102. The third-order valence-electron chi connectivity index (χ3n) is 6.00. The quantitative estimate of drug-likeness (QED) is 0.762. The predicted octanol–water partition coefficient (Wildman–Crippen LogP) is 4.19. The van der Waals surface area contributed by atoms with Gasteiger partial charge in [-0.05, 0) is 67.7 Å². The number of hydrogen-bond acceptors (Lipinski definition) is 5. The normalized spacial score (nSPS) is 25.0. The summed E-state index contributed by atoms with van der Waals surface area (Å²) in [5, 5.41) is 3.49. The molecule has 1 saturated heterocycles. The number of anilines is 1. The van der Waals surface area contributed by atoms with Gasteiger partial charge in [-0.15, -0.1) is 11.3 Å². The lowest BCUT2D eigenvalue weighted by Crippen LogP contribution is -2.42. The van der Waals surface area contributed by atoms with E-state index >= 15 is 0 Å². The van der Waals surface area contributed by atoms with Crippen LogP contribution in [0.2, 0.25) is 0 Å². The fraction of sp³-hybridized carbons (Fsp3) is 0.545. The first-order chi connectivity index (χ1) is 14.2. The highest BCUT2D eigenvalue weighted by Gasteiger charge is 2.31. The summed E-state index contributed by atoms with van der Waals surface area (Å²) < 4.78 is 27.6. The Morgan fingerprint density at radius 1 is 1.10 bits per heavy atom. The van der Waals surface area contributed by atoms with E-state index in [0.717, 1.165) is 31.4 Å². The van der Waals surface area contributed by atoms with E-state index in [1.165, 1.54) is 17.0 Å². The molecule has 1 aromatic heterocycles. The Morgan fingerprint density at radius 3 is 2.43 bits per heavy atom. The Balaban J connectivity index is 1.46. The highest BCUT2D eigenvalue weighted by molar-refractivity contribution is 7.89. The van der Waals surface area contributed by atoms with E-state index in [2.05, 4.69) is 31.1 Å². The summed E-state index contributed by atoms with van der Waals surface area (Å²) in [6.45, 7) is 7.50. The van der Waals surface area contributed by atoms with Gasteiger partial charge in [0, 0.05) is 23.5 Å². The minimum absolute atomic E-state index is 0.235. The molecule has 1 N–H and O–H groups in total. The molecule has 1 amide bonds. The summed E-state index contributed by atoms with van der Waals surface area (Å²) in [6.07, 6.45) is 4.16. The average Bonchev–Trinajstić information content (AvgIpc) is 3.08. The van der Waals surface area contributed by atoms with Gasteiger partial charge in [-0.1, -0.05) is 20.8 Å². The molecule has 0 bridgehead atoms. The van der Waals surface area contributed by atoms with Gasteiger partial charge in [0.2, 0.25) is 10.0 Å². The number of carbonyl (C=O) groups is 1. The number of aryl methyl sites for hydroxylation is 1. The zero-order valence-electron chi connectivity index (χ0n) is 17.7. The zero-order chi connectivity index (χ0) is 21.5. The van der Waals surface area contributed by atoms with Crippen molar-refractivity contribution >= 4 is 32.4 Å². The number of hydrogen-bond donors (Lipinski definition) is 1. The van der Waals surface area contributed by atoms with Crippen LogP contribution in [-0.4, -0.2) is 36.7 Å². The van der Waals surface area contributed by atoms with Crippen LogP contribution >= 0.6 is 11.3 Å². The number of sulfonamides is 1. The molecule has 30 heavy (non-hydrogen) atoms. The molecule has 1 aliphatic heterocycles. The van der Waals surface area contributed by atoms with Crippen LogP contribution in [0.25, 0.3) is 0 Å². The summed E-state index contributed by atoms with van der Waals surface area (Å²) in [5.41, 5.74) is 1.52. The van der Waals surface area contributed by atoms with Crippen LogP contribution in [0.3, 0.4) is 0 Å². The van der Waals surface area contributed by atoms with Crippen LogP contribution in [0.5, 0.6) is 0 Å². The number of carbonyl (C=O) groups excluding carboxylic acids is 1. The van der Waals surface area contributed by atoms with E-state index < -0.39 is 10.0 Å². The number of nitrogens with one attached hydrogen (secondary N) is 1. The number of aromatic nitrogens is 1. The van der Waals surface area contributed by atoms with Gasteiger partial charge in [0.25, 0.3) is 5.91 Å². The molecule has 8 heteroatoms. The SMILES string of the molecule is CC1CCc2nc(NC(=O)c3ccc(S(=O)(=O)N4CC(C)CC(C)C4)cc3)sc2C1. The monoisotopic (exact) mass is 447 g/mol. The van der Waals surface area contributed by atoms with Gasteiger partial charge >= 0.3 is 0 Å². The summed E-state index contributed by atoms with van der Waals surface area (Å²) in [5.74, 6) is 1.08. The third-order valence-corrected chi connectivity index (χ3v) is 8.88. The van der Waals surface area contributed by atoms with Crippen LogP contribution in [0, 0.1) is 17.8 Å². The Kier molecular flexibility index (Phi) is 6.01. The maximum absolute atomic E-state index is 13.0. The third kappa shape index (κ3) is 4.45. The predicted molar refractivity (Wildman–Crippen MR) is 119 cm³/mol. The summed E-state index contributed by atoms with van der Waals surface area (Å²) in [7, 11) is -3.55. The summed E-state index contributed by atoms with van der Waals surface area (Å²) >= 11 is 1.54. The van der Waals surface area contributed by atoms with Gasteiger partial charge in [-0.2, -0.15) is 4.31 Å². The fourth-order valence-corrected chi connectivity index (χ4v) is 7.34. The molecule has 1 aliphatic carbocycles. The van der Waals surface area contributed by atoms with Crippen molar-refractivity contribution in [3.05, 3.63) is 40.4 Å². The average molecular weight is 448 g/mol. The van der Waals surface area contributed by atoms with Crippen LogP contribution in [0.4, 0.5) is 5.13 Å². The molecular weight excluding hydrogens is 418 g/mol. The van der Waals surface area contributed by atoms with Crippen molar-refractivity contribution in [1.29, 1.82) is 0 Å². The van der Waals surface area contributed by atoms with Gasteiger partial charge in [0.1, 0.15) is 0 Å². The first kappa shape index (κ1) is 21.5. The van der Waals surface area contributed by atoms with Gasteiger partial charge in [-0.25, -0.2) is 13.4 Å². The standard InChI is InChI=1S/C22H29N3O3S2/c1-14-4-9-19-20(11-14)29-22(23-19)24-21(26)17-5-7-18(8-6-17)30(27,28)25-12-15(2)10-16(3)13-25/h5-8,14-16H,4,9-13H2,1-3H3,(H,23,24,26). The molecule has 0 saturated carbocycles. The molecule has 162 valence electrons. The zero-order valence-corrected chi connectivity index (χ0v) is 19.4. The molecule has 4 rings (SSSR count). The lowest BCUT2D eigenvalue weighted by atomic mass is 9.93. The first-order valence-corrected chi connectivity index (χ1v) is 12.9. The second-order valence-electron chi connectivity index (χ2n) is 8.98. The summed E-state index contributed by atoms with van der Waals surface area (Å²) in [6, 6.07) is 6.22. The Hall–Kier alpha value is -1.77. The Morgan fingerprint density at radius 2 is 1.77 bits per heavy atom. The molecule has 2 aromatic rings.